The van der Waals surface area contributed by atoms with Crippen molar-refractivity contribution in [2.45, 2.75) is 45.2 Å². The predicted octanol–water partition coefficient (Wildman–Crippen LogP) is 3.37. The first-order chi connectivity index (χ1) is 9.56. The van der Waals surface area contributed by atoms with Crippen LogP contribution in [-0.4, -0.2) is 28.7 Å². The normalized spacial score (nSPS) is 27.6. The summed E-state index contributed by atoms with van der Waals surface area (Å²) in [6.07, 6.45) is 3.50. The quantitative estimate of drug-likeness (QED) is 0.855. The summed E-state index contributed by atoms with van der Waals surface area (Å²) >= 11 is 3.45. The average molecular weight is 336 g/mol. The van der Waals surface area contributed by atoms with Crippen LogP contribution in [0.2, 0.25) is 0 Å². The Labute approximate surface area is 127 Å². The second-order valence-electron chi connectivity index (χ2n) is 5.60. The summed E-state index contributed by atoms with van der Waals surface area (Å²) in [7, 11) is 0. The van der Waals surface area contributed by atoms with Gasteiger partial charge in [-0.3, -0.25) is 9.80 Å². The van der Waals surface area contributed by atoms with Gasteiger partial charge in [-0.15, -0.1) is 0 Å². The molecule has 2 heterocycles. The Morgan fingerprint density at radius 3 is 2.70 bits per heavy atom. The molecule has 3 rings (SSSR count). The largest absolute Gasteiger partial charge is 0.320 e. The van der Waals surface area contributed by atoms with Gasteiger partial charge in [0.25, 0.3) is 5.91 Å². The van der Waals surface area contributed by atoms with Crippen LogP contribution in [0.15, 0.2) is 27.8 Å². The van der Waals surface area contributed by atoms with Crippen LogP contribution in [-0.2, 0) is 4.79 Å². The van der Waals surface area contributed by atoms with Crippen LogP contribution in [0, 0.1) is 0 Å². The molecule has 0 aromatic heterocycles. The van der Waals surface area contributed by atoms with E-state index in [4.69, 9.17) is 0 Å². The number of amides is 1. The van der Waals surface area contributed by atoms with Crippen LogP contribution in [0.3, 0.4) is 0 Å². The molecule has 1 aromatic rings. The number of benzene rings is 1. The topological polar surface area (TPSA) is 44.7 Å². The van der Waals surface area contributed by atoms with Gasteiger partial charge in [-0.2, -0.15) is 5.10 Å². The monoisotopic (exact) mass is 335 g/mol. The Bertz CT molecular complexity index is 574. The van der Waals surface area contributed by atoms with Gasteiger partial charge in [0, 0.05) is 22.1 Å². The van der Waals surface area contributed by atoms with Gasteiger partial charge in [-0.25, -0.2) is 0 Å². The molecule has 0 saturated carbocycles. The third-order valence-electron chi connectivity index (χ3n) is 4.06. The third-order valence-corrected chi connectivity index (χ3v) is 4.56. The Balaban J connectivity index is 1.99. The Kier molecular flexibility index (Phi) is 3.54. The highest BCUT2D eigenvalue weighted by Gasteiger charge is 2.30. The van der Waals surface area contributed by atoms with Gasteiger partial charge in [-0.1, -0.05) is 15.9 Å². The molecule has 5 heteroatoms. The van der Waals surface area contributed by atoms with Crippen LogP contribution >= 0.6 is 15.9 Å². The van der Waals surface area contributed by atoms with Gasteiger partial charge in [0.15, 0.2) is 5.71 Å². The second kappa shape index (κ2) is 5.20. The van der Waals surface area contributed by atoms with E-state index in [1.807, 2.05) is 18.2 Å². The molecule has 0 radical (unpaired) electrons. The maximum Gasteiger partial charge on any atom is 0.276 e. The van der Waals surface area contributed by atoms with Gasteiger partial charge < -0.3 is 5.32 Å². The summed E-state index contributed by atoms with van der Waals surface area (Å²) in [5.74, 6) is -0.108. The van der Waals surface area contributed by atoms with E-state index in [0.717, 1.165) is 28.6 Å². The lowest BCUT2D eigenvalue weighted by atomic mass is 10.00. The number of piperidine rings is 1. The lowest BCUT2D eigenvalue weighted by Crippen LogP contribution is -2.41. The van der Waals surface area contributed by atoms with Crippen molar-refractivity contribution in [2.24, 2.45) is 5.10 Å². The van der Waals surface area contributed by atoms with Crippen molar-refractivity contribution in [3.63, 3.8) is 0 Å². The van der Waals surface area contributed by atoms with Crippen molar-refractivity contribution in [3.8, 4) is 0 Å². The minimum atomic E-state index is -0.108. The van der Waals surface area contributed by atoms with Gasteiger partial charge in [0.05, 0.1) is 5.69 Å². The summed E-state index contributed by atoms with van der Waals surface area (Å²) in [4.78, 5) is 12.1. The number of nitrogens with one attached hydrogen (secondary N) is 1. The van der Waals surface area contributed by atoms with Gasteiger partial charge >= 0.3 is 0 Å². The molecule has 0 bridgehead atoms. The molecule has 1 fully saturated rings. The molecule has 0 aliphatic carbocycles. The molecule has 2 aliphatic heterocycles. The van der Waals surface area contributed by atoms with E-state index in [2.05, 4.69) is 45.2 Å². The Morgan fingerprint density at radius 1 is 1.30 bits per heavy atom. The summed E-state index contributed by atoms with van der Waals surface area (Å²) in [5, 5.41) is 9.65. The number of carbonyl (C=O) groups is 1. The number of rotatable bonds is 1. The van der Waals surface area contributed by atoms with Gasteiger partial charge in [-0.05, 0) is 51.3 Å². The molecule has 4 nitrogen and oxygen atoms in total. The molecule has 1 saturated heterocycles. The van der Waals surface area contributed by atoms with E-state index >= 15 is 0 Å². The van der Waals surface area contributed by atoms with E-state index in [-0.39, 0.29) is 5.91 Å². The van der Waals surface area contributed by atoms with Crippen LogP contribution in [0.5, 0.6) is 0 Å². The molecule has 2 aliphatic rings. The van der Waals surface area contributed by atoms with Gasteiger partial charge in [0.2, 0.25) is 0 Å². The number of hydrazone groups is 1. The minimum Gasteiger partial charge on any atom is -0.320 e. The van der Waals surface area contributed by atoms with E-state index in [1.165, 1.54) is 6.42 Å². The highest BCUT2D eigenvalue weighted by molar-refractivity contribution is 9.10. The molecule has 1 amide bonds. The highest BCUT2D eigenvalue weighted by atomic mass is 79.9. The molecule has 2 unspecified atom stereocenters. The lowest BCUT2D eigenvalue weighted by molar-refractivity contribution is -0.110. The summed E-state index contributed by atoms with van der Waals surface area (Å²) in [6.45, 7) is 4.35. The highest BCUT2D eigenvalue weighted by Crippen LogP contribution is 2.29. The fourth-order valence-electron chi connectivity index (χ4n) is 2.94. The molecule has 106 valence electrons. The number of hydrogen-bond donors (Lipinski definition) is 1. The third kappa shape index (κ3) is 2.35. The van der Waals surface area contributed by atoms with E-state index < -0.39 is 0 Å². The molecule has 1 N–H and O–H groups in total. The average Bonchev–Trinajstić information content (AvgIpc) is 2.70. The van der Waals surface area contributed by atoms with Crippen LogP contribution < -0.4 is 5.32 Å². The van der Waals surface area contributed by atoms with Crippen molar-refractivity contribution >= 4 is 33.2 Å². The fourth-order valence-corrected chi connectivity index (χ4v) is 3.31. The lowest BCUT2D eigenvalue weighted by Gasteiger charge is -2.36. The molecular weight excluding hydrogens is 318 g/mol. The zero-order chi connectivity index (χ0) is 14.3. The molecule has 1 aromatic carbocycles. The number of halogens is 1. The van der Waals surface area contributed by atoms with Crippen molar-refractivity contribution < 1.29 is 4.79 Å². The Morgan fingerprint density at radius 2 is 2.00 bits per heavy atom. The van der Waals surface area contributed by atoms with Crippen LogP contribution in [0.4, 0.5) is 5.69 Å². The second-order valence-corrected chi connectivity index (χ2v) is 6.52. The van der Waals surface area contributed by atoms with Crippen molar-refractivity contribution in [2.75, 3.05) is 5.32 Å². The van der Waals surface area contributed by atoms with E-state index in [1.54, 1.807) is 0 Å². The van der Waals surface area contributed by atoms with Crippen molar-refractivity contribution in [1.82, 2.24) is 5.01 Å². The zero-order valence-corrected chi connectivity index (χ0v) is 13.3. The SMILES string of the molecule is CC1CCCC(C)N1N=C1C(=O)Nc2ccc(Br)cc21. The van der Waals surface area contributed by atoms with E-state index in [9.17, 15) is 4.79 Å². The summed E-state index contributed by atoms with van der Waals surface area (Å²) in [6, 6.07) is 6.55. The first-order valence-corrected chi connectivity index (χ1v) is 7.84. The fraction of sp³-hybridized carbons (Fsp3) is 0.467. The smallest absolute Gasteiger partial charge is 0.276 e. The molecule has 0 spiro atoms. The number of nitrogens with zero attached hydrogens (tertiary/aromatic N) is 2. The van der Waals surface area contributed by atoms with Crippen LogP contribution in [0.1, 0.15) is 38.7 Å². The maximum atomic E-state index is 12.1. The number of carbonyl (C=O) groups excluding carboxylic acids is 1. The standard InChI is InChI=1S/C15H18BrN3O/c1-9-4-3-5-10(2)19(9)18-14-12-8-11(16)6-7-13(12)17-15(14)20/h6-10H,3-5H2,1-2H3,(H,17,18,20). The number of fused-ring (bicyclic) bond motifs is 1. The van der Waals surface area contributed by atoms with Gasteiger partial charge in [0.1, 0.15) is 0 Å². The predicted molar refractivity (Wildman–Crippen MR) is 83.9 cm³/mol. The first-order valence-electron chi connectivity index (χ1n) is 7.04. The number of anilines is 1. The minimum absolute atomic E-state index is 0.108. The number of hydrogen-bond acceptors (Lipinski definition) is 3. The molecule has 20 heavy (non-hydrogen) atoms. The van der Waals surface area contributed by atoms with Crippen molar-refractivity contribution in [1.29, 1.82) is 0 Å². The Hall–Kier alpha value is -1.36. The first kappa shape index (κ1) is 13.6. The maximum absolute atomic E-state index is 12.1. The van der Waals surface area contributed by atoms with Crippen LogP contribution in [0.25, 0.3) is 0 Å². The zero-order valence-electron chi connectivity index (χ0n) is 11.7. The molecule has 2 atom stereocenters. The van der Waals surface area contributed by atoms with E-state index in [0.29, 0.717) is 17.8 Å². The summed E-state index contributed by atoms with van der Waals surface area (Å²) in [5.41, 5.74) is 2.26. The summed E-state index contributed by atoms with van der Waals surface area (Å²) < 4.78 is 0.959. The van der Waals surface area contributed by atoms with Crippen molar-refractivity contribution in [3.05, 3.63) is 28.2 Å². The molecular formula is C15H18BrN3O.